The zero-order valence-corrected chi connectivity index (χ0v) is 10.5. The van der Waals surface area contributed by atoms with Gasteiger partial charge in [-0.15, -0.1) is 0 Å². The van der Waals surface area contributed by atoms with Gasteiger partial charge < -0.3 is 9.84 Å². The Hall–Kier alpha value is -1.56. The summed E-state index contributed by atoms with van der Waals surface area (Å²) in [5, 5.41) is 8.80. The van der Waals surface area contributed by atoms with Crippen LogP contribution in [0.15, 0.2) is 18.2 Å². The van der Waals surface area contributed by atoms with Gasteiger partial charge in [0.1, 0.15) is 5.75 Å². The van der Waals surface area contributed by atoms with E-state index in [2.05, 4.69) is 0 Å². The van der Waals surface area contributed by atoms with E-state index in [-0.39, 0.29) is 22.8 Å². The molecule has 6 heteroatoms. The summed E-state index contributed by atoms with van der Waals surface area (Å²) in [5.41, 5.74) is 0.541. The minimum Gasteiger partial charge on any atom is -0.496 e. The van der Waals surface area contributed by atoms with Gasteiger partial charge >= 0.3 is 5.97 Å². The van der Waals surface area contributed by atoms with Crippen LogP contribution in [0.3, 0.4) is 0 Å². The van der Waals surface area contributed by atoms with E-state index in [9.17, 15) is 13.2 Å². The van der Waals surface area contributed by atoms with Crippen LogP contribution in [-0.2, 0) is 15.6 Å². The van der Waals surface area contributed by atoms with E-state index < -0.39 is 15.8 Å². The van der Waals surface area contributed by atoms with E-state index in [1.54, 1.807) is 6.92 Å². The van der Waals surface area contributed by atoms with E-state index in [1.807, 2.05) is 0 Å². The monoisotopic (exact) mass is 258 g/mol. The molecule has 0 spiro atoms. The van der Waals surface area contributed by atoms with Gasteiger partial charge in [0.2, 0.25) is 0 Å². The molecule has 0 saturated carbocycles. The quantitative estimate of drug-likeness (QED) is 0.861. The van der Waals surface area contributed by atoms with Crippen LogP contribution in [0.25, 0.3) is 0 Å². The molecule has 1 aromatic rings. The molecular weight excluding hydrogens is 244 g/mol. The van der Waals surface area contributed by atoms with Crippen LogP contribution in [0.2, 0.25) is 0 Å². The second-order valence-corrected chi connectivity index (χ2v) is 5.86. The number of aromatic carboxylic acids is 1. The van der Waals surface area contributed by atoms with Crippen LogP contribution >= 0.6 is 0 Å². The molecule has 0 amide bonds. The van der Waals surface area contributed by atoms with Gasteiger partial charge in [0.05, 0.1) is 18.4 Å². The summed E-state index contributed by atoms with van der Waals surface area (Å²) in [5.74, 6) is -0.904. The lowest BCUT2D eigenvalue weighted by Crippen LogP contribution is -2.08. The van der Waals surface area contributed by atoms with Gasteiger partial charge in [0, 0.05) is 11.3 Å². The average molecular weight is 258 g/mol. The Bertz CT molecular complexity index is 519. The van der Waals surface area contributed by atoms with Crippen LogP contribution < -0.4 is 4.74 Å². The second kappa shape index (κ2) is 5.18. The zero-order valence-electron chi connectivity index (χ0n) is 9.63. The van der Waals surface area contributed by atoms with Gasteiger partial charge in [0.15, 0.2) is 9.84 Å². The third-order valence-electron chi connectivity index (χ3n) is 2.35. The predicted octanol–water partition coefficient (Wildman–Crippen LogP) is 1.33. The van der Waals surface area contributed by atoms with Crippen LogP contribution in [0.1, 0.15) is 22.8 Å². The third-order valence-corrected chi connectivity index (χ3v) is 3.98. The number of hydrogen-bond acceptors (Lipinski definition) is 4. The molecule has 0 bridgehead atoms. The van der Waals surface area contributed by atoms with Gasteiger partial charge in [-0.05, 0) is 12.1 Å². The highest BCUT2D eigenvalue weighted by Crippen LogP contribution is 2.22. The number of hydrogen-bond donors (Lipinski definition) is 1. The van der Waals surface area contributed by atoms with Crippen molar-refractivity contribution in [2.24, 2.45) is 0 Å². The van der Waals surface area contributed by atoms with E-state index in [0.717, 1.165) is 0 Å². The lowest BCUT2D eigenvalue weighted by atomic mass is 10.1. The molecule has 1 rings (SSSR count). The lowest BCUT2D eigenvalue weighted by Gasteiger charge is -2.09. The summed E-state index contributed by atoms with van der Waals surface area (Å²) in [7, 11) is -1.79. The number of carboxylic acid groups (broad SMARTS) is 1. The molecule has 0 fully saturated rings. The van der Waals surface area contributed by atoms with Crippen molar-refractivity contribution < 1.29 is 23.1 Å². The summed E-state index contributed by atoms with van der Waals surface area (Å²) in [6.07, 6.45) is 0. The van der Waals surface area contributed by atoms with E-state index in [4.69, 9.17) is 9.84 Å². The van der Waals surface area contributed by atoms with Crippen LogP contribution in [0, 0.1) is 0 Å². The Labute approximate surface area is 100.0 Å². The van der Waals surface area contributed by atoms with Crippen molar-refractivity contribution in [1.82, 2.24) is 0 Å². The van der Waals surface area contributed by atoms with Crippen molar-refractivity contribution in [2.75, 3.05) is 12.9 Å². The Morgan fingerprint density at radius 1 is 1.41 bits per heavy atom. The van der Waals surface area contributed by atoms with Crippen molar-refractivity contribution in [2.45, 2.75) is 12.7 Å². The SMILES string of the molecule is CCS(=O)(=O)Cc1ccc(C(=O)O)cc1OC. The standard InChI is InChI=1S/C11H14O5S/c1-3-17(14,15)7-9-5-4-8(11(12)13)6-10(9)16-2/h4-6H,3,7H2,1-2H3,(H,12,13). The van der Waals surface area contributed by atoms with Crippen molar-refractivity contribution in [3.05, 3.63) is 29.3 Å². The highest BCUT2D eigenvalue weighted by molar-refractivity contribution is 7.90. The maximum atomic E-state index is 11.5. The smallest absolute Gasteiger partial charge is 0.335 e. The van der Waals surface area contributed by atoms with Crippen LogP contribution in [0.4, 0.5) is 0 Å². The first-order chi connectivity index (χ1) is 7.89. The van der Waals surface area contributed by atoms with Gasteiger partial charge in [-0.2, -0.15) is 0 Å². The number of carbonyl (C=O) groups is 1. The fourth-order valence-corrected chi connectivity index (χ4v) is 2.25. The van der Waals surface area contributed by atoms with E-state index >= 15 is 0 Å². The molecule has 0 radical (unpaired) electrons. The van der Waals surface area contributed by atoms with Crippen molar-refractivity contribution in [1.29, 1.82) is 0 Å². The lowest BCUT2D eigenvalue weighted by molar-refractivity contribution is 0.0696. The van der Waals surface area contributed by atoms with Crippen LogP contribution in [0.5, 0.6) is 5.75 Å². The summed E-state index contributed by atoms with van der Waals surface area (Å²) >= 11 is 0. The first kappa shape index (κ1) is 13.5. The van der Waals surface area contributed by atoms with Crippen LogP contribution in [-0.4, -0.2) is 32.4 Å². The molecule has 0 unspecified atom stereocenters. The van der Waals surface area contributed by atoms with Crippen molar-refractivity contribution in [3.8, 4) is 5.75 Å². The van der Waals surface area contributed by atoms with Gasteiger partial charge in [-0.3, -0.25) is 0 Å². The average Bonchev–Trinajstić information content (AvgIpc) is 2.29. The molecule has 0 aliphatic heterocycles. The maximum Gasteiger partial charge on any atom is 0.335 e. The third kappa shape index (κ3) is 3.45. The van der Waals surface area contributed by atoms with E-state index in [1.165, 1.54) is 25.3 Å². The minimum atomic E-state index is -3.17. The maximum absolute atomic E-state index is 11.5. The zero-order chi connectivity index (χ0) is 13.1. The molecule has 5 nitrogen and oxygen atoms in total. The number of sulfone groups is 1. The van der Waals surface area contributed by atoms with Crippen molar-refractivity contribution >= 4 is 15.8 Å². The van der Waals surface area contributed by atoms with Gasteiger partial charge in [-0.1, -0.05) is 13.0 Å². The largest absolute Gasteiger partial charge is 0.496 e. The van der Waals surface area contributed by atoms with Gasteiger partial charge in [-0.25, -0.2) is 13.2 Å². The normalized spacial score (nSPS) is 11.2. The molecule has 0 aromatic heterocycles. The topological polar surface area (TPSA) is 80.7 Å². The molecule has 1 aromatic carbocycles. The molecular formula is C11H14O5S. The first-order valence-electron chi connectivity index (χ1n) is 5.00. The van der Waals surface area contributed by atoms with Gasteiger partial charge in [0.25, 0.3) is 0 Å². The fraction of sp³-hybridized carbons (Fsp3) is 0.364. The number of ether oxygens (including phenoxy) is 1. The summed E-state index contributed by atoms with van der Waals surface area (Å²) in [6.45, 7) is 1.56. The Kier molecular flexibility index (Phi) is 4.11. The number of benzene rings is 1. The highest BCUT2D eigenvalue weighted by Gasteiger charge is 2.15. The number of rotatable bonds is 5. The molecule has 0 aliphatic rings. The van der Waals surface area contributed by atoms with Crippen molar-refractivity contribution in [3.63, 3.8) is 0 Å². The number of carboxylic acids is 1. The molecule has 0 heterocycles. The Morgan fingerprint density at radius 2 is 2.06 bits per heavy atom. The first-order valence-corrected chi connectivity index (χ1v) is 6.82. The Morgan fingerprint density at radius 3 is 2.53 bits per heavy atom. The highest BCUT2D eigenvalue weighted by atomic mass is 32.2. The second-order valence-electron chi connectivity index (χ2n) is 3.51. The fourth-order valence-electron chi connectivity index (χ4n) is 1.34. The predicted molar refractivity (Wildman–Crippen MR) is 63.1 cm³/mol. The molecule has 0 atom stereocenters. The number of methoxy groups -OCH3 is 1. The molecule has 1 N–H and O–H groups in total. The summed E-state index contributed by atoms with van der Waals surface area (Å²) in [6, 6.07) is 4.16. The molecule has 17 heavy (non-hydrogen) atoms. The minimum absolute atomic E-state index is 0.0385. The molecule has 94 valence electrons. The molecule has 0 aliphatic carbocycles. The Balaban J connectivity index is 3.14. The summed E-state index contributed by atoms with van der Waals surface area (Å²) < 4.78 is 28.0. The summed E-state index contributed by atoms with van der Waals surface area (Å²) in [4.78, 5) is 10.7. The molecule has 0 saturated heterocycles. The van der Waals surface area contributed by atoms with E-state index in [0.29, 0.717) is 5.56 Å².